The minimum Gasteiger partial charge on any atom is -0.597 e. The molecular formula is C15H26N4O4S3. The minimum absolute atomic E-state index is 0.0309. The van der Waals surface area contributed by atoms with Gasteiger partial charge in [0.05, 0.1) is 12.4 Å². The third-order valence-corrected chi connectivity index (χ3v) is 8.83. The molecule has 1 aromatic heterocycles. The quantitative estimate of drug-likeness (QED) is 0.386. The zero-order chi connectivity index (χ0) is 19.5. The summed E-state index contributed by atoms with van der Waals surface area (Å²) in [5.41, 5.74) is 0. The fourth-order valence-corrected chi connectivity index (χ4v) is 6.96. The first-order valence-electron chi connectivity index (χ1n) is 8.37. The fraction of sp³-hybridized carbons (Fsp3) is 0.800. The van der Waals surface area contributed by atoms with Crippen molar-refractivity contribution in [1.82, 2.24) is 19.5 Å². The standard InChI is InChI=1S/C15H26N4O4S3/c1-9(2)8-10(14(20)23-4)18-26(21,22)12-7-6-11(25-12)13-16-17-15(24-5)19(13)3/h9-12H,6-8H2,1-5H3,(H-,18,21,22). The van der Waals surface area contributed by atoms with Crippen LogP contribution in [0.1, 0.15) is 44.2 Å². The van der Waals surface area contributed by atoms with E-state index in [1.54, 1.807) is 0 Å². The first kappa shape index (κ1) is 21.7. The number of thioether (sulfide) groups is 2. The second kappa shape index (κ2) is 9.05. The first-order valence-corrected chi connectivity index (χ1v) is 12.1. The molecular weight excluding hydrogens is 396 g/mol. The van der Waals surface area contributed by atoms with Gasteiger partial charge in [-0.1, -0.05) is 41.6 Å². The van der Waals surface area contributed by atoms with Gasteiger partial charge in [-0.05, 0) is 25.0 Å². The average Bonchev–Trinajstić information content (AvgIpc) is 3.19. The summed E-state index contributed by atoms with van der Waals surface area (Å²) in [7, 11) is -0.511. The SMILES string of the molecule is COC(=O)C(CC(C)C)N[S+](=O)([O-])C1CCC(c2nnc(SC)n2C)S1. The Balaban J connectivity index is 2.08. The molecule has 148 valence electrons. The molecule has 1 fully saturated rings. The van der Waals surface area contributed by atoms with Crippen molar-refractivity contribution < 1.29 is 18.3 Å². The average molecular weight is 423 g/mol. The van der Waals surface area contributed by atoms with Gasteiger partial charge in [-0.2, -0.15) is 0 Å². The van der Waals surface area contributed by atoms with E-state index in [1.165, 1.54) is 30.6 Å². The van der Waals surface area contributed by atoms with Gasteiger partial charge in [-0.25, -0.2) is 0 Å². The van der Waals surface area contributed by atoms with Crippen LogP contribution in [0.5, 0.6) is 0 Å². The molecule has 0 bridgehead atoms. The molecule has 1 aliphatic heterocycles. The van der Waals surface area contributed by atoms with Crippen molar-refractivity contribution in [2.24, 2.45) is 13.0 Å². The summed E-state index contributed by atoms with van der Waals surface area (Å²) in [4.78, 5) is 11.9. The Morgan fingerprint density at radius 1 is 1.50 bits per heavy atom. The van der Waals surface area contributed by atoms with Crippen LogP contribution in [0.4, 0.5) is 0 Å². The zero-order valence-corrected chi connectivity index (χ0v) is 18.1. The summed E-state index contributed by atoms with van der Waals surface area (Å²) in [6.45, 7) is 3.87. The molecule has 0 aromatic carbocycles. The van der Waals surface area contributed by atoms with Crippen molar-refractivity contribution in [1.29, 1.82) is 0 Å². The molecule has 2 heterocycles. The predicted octanol–water partition coefficient (Wildman–Crippen LogP) is 2.15. The van der Waals surface area contributed by atoms with Gasteiger partial charge in [-0.15, -0.1) is 14.9 Å². The number of nitrogens with zero attached hydrogens (tertiary/aromatic N) is 3. The Morgan fingerprint density at radius 3 is 2.73 bits per heavy atom. The minimum atomic E-state index is -3.66. The molecule has 26 heavy (non-hydrogen) atoms. The maximum Gasteiger partial charge on any atom is 0.327 e. The van der Waals surface area contributed by atoms with Crippen LogP contribution in [-0.2, 0) is 31.2 Å². The van der Waals surface area contributed by atoms with Gasteiger partial charge in [0.15, 0.2) is 9.74 Å². The summed E-state index contributed by atoms with van der Waals surface area (Å²) in [5.74, 6) is 0.387. The normalized spacial score (nSPS) is 23.8. The highest BCUT2D eigenvalue weighted by atomic mass is 32.3. The molecule has 1 aromatic rings. The smallest absolute Gasteiger partial charge is 0.327 e. The van der Waals surface area contributed by atoms with Crippen molar-refractivity contribution in [3.63, 3.8) is 0 Å². The molecule has 0 saturated carbocycles. The maximum absolute atomic E-state index is 12.8. The van der Waals surface area contributed by atoms with Crippen LogP contribution in [0.15, 0.2) is 5.16 Å². The van der Waals surface area contributed by atoms with E-state index in [2.05, 4.69) is 14.9 Å². The third kappa shape index (κ3) is 5.00. The molecule has 0 aliphatic carbocycles. The van der Waals surface area contributed by atoms with Crippen LogP contribution in [0, 0.1) is 5.92 Å². The second-order valence-corrected chi connectivity index (χ2v) is 11.0. The topological polar surface area (TPSA) is 109 Å². The third-order valence-electron chi connectivity index (χ3n) is 4.17. The molecule has 1 aliphatic rings. The van der Waals surface area contributed by atoms with Gasteiger partial charge in [0, 0.05) is 13.5 Å². The van der Waals surface area contributed by atoms with Gasteiger partial charge in [0.25, 0.3) is 0 Å². The maximum atomic E-state index is 12.8. The van der Waals surface area contributed by atoms with Crippen LogP contribution >= 0.6 is 23.5 Å². The molecule has 4 unspecified atom stereocenters. The number of rotatable bonds is 8. The number of aromatic nitrogens is 3. The number of methoxy groups -OCH3 is 1. The molecule has 1 saturated heterocycles. The summed E-state index contributed by atoms with van der Waals surface area (Å²) >= 11 is 2.85. The molecule has 11 heteroatoms. The molecule has 0 radical (unpaired) electrons. The molecule has 1 N–H and O–H groups in total. The predicted molar refractivity (Wildman–Crippen MR) is 103 cm³/mol. The molecule has 2 rings (SSSR count). The lowest BCUT2D eigenvalue weighted by molar-refractivity contribution is -0.143. The van der Waals surface area contributed by atoms with E-state index in [-0.39, 0.29) is 11.2 Å². The molecule has 4 atom stereocenters. The summed E-state index contributed by atoms with van der Waals surface area (Å²) in [5, 5.41) is 9.09. The Kier molecular flexibility index (Phi) is 7.54. The second-order valence-electron chi connectivity index (χ2n) is 6.60. The van der Waals surface area contributed by atoms with Crippen LogP contribution in [0.25, 0.3) is 0 Å². The van der Waals surface area contributed by atoms with Crippen molar-refractivity contribution in [3.8, 4) is 0 Å². The van der Waals surface area contributed by atoms with Crippen LogP contribution in [0.2, 0.25) is 0 Å². The Bertz CT molecular complexity index is 682. The van der Waals surface area contributed by atoms with Gasteiger partial charge in [0.2, 0.25) is 0 Å². The first-order chi connectivity index (χ1) is 12.2. The number of esters is 1. The van der Waals surface area contributed by atoms with Crippen molar-refractivity contribution in [3.05, 3.63) is 5.82 Å². The van der Waals surface area contributed by atoms with Crippen molar-refractivity contribution in [2.75, 3.05) is 13.4 Å². The number of sulfonamides is 1. The monoisotopic (exact) mass is 422 g/mol. The van der Waals surface area contributed by atoms with Gasteiger partial charge in [0.1, 0.15) is 22.3 Å². The van der Waals surface area contributed by atoms with Crippen molar-refractivity contribution >= 4 is 39.9 Å². The lowest BCUT2D eigenvalue weighted by Crippen LogP contribution is -2.48. The van der Waals surface area contributed by atoms with E-state index >= 15 is 0 Å². The van der Waals surface area contributed by atoms with Crippen molar-refractivity contribution in [2.45, 2.75) is 54.1 Å². The van der Waals surface area contributed by atoms with E-state index in [1.807, 2.05) is 31.7 Å². The lowest BCUT2D eigenvalue weighted by atomic mass is 10.1. The van der Waals surface area contributed by atoms with Crippen LogP contribution in [-0.4, -0.2) is 49.3 Å². The Hall–Kier alpha value is -0.620. The number of carbonyl (C=O) groups is 1. The lowest BCUT2D eigenvalue weighted by Gasteiger charge is -2.25. The van der Waals surface area contributed by atoms with E-state index < -0.39 is 27.0 Å². The number of hydrogen-bond acceptors (Lipinski definition) is 8. The molecule has 0 spiro atoms. The number of hydrogen-bond donors (Lipinski definition) is 1. The van der Waals surface area contributed by atoms with Crippen LogP contribution < -0.4 is 4.72 Å². The number of carbonyl (C=O) groups excluding carboxylic acids is 1. The highest BCUT2D eigenvalue weighted by Gasteiger charge is 2.43. The highest BCUT2D eigenvalue weighted by molar-refractivity contribution is 8.15. The molecule has 8 nitrogen and oxygen atoms in total. The summed E-state index contributed by atoms with van der Waals surface area (Å²) in [6, 6.07) is -0.859. The van der Waals surface area contributed by atoms with Gasteiger partial charge < -0.3 is 13.9 Å². The Labute approximate surface area is 164 Å². The van der Waals surface area contributed by atoms with Gasteiger partial charge >= 0.3 is 5.97 Å². The largest absolute Gasteiger partial charge is 0.597 e. The zero-order valence-electron chi connectivity index (χ0n) is 15.6. The number of ether oxygens (including phenoxy) is 1. The van der Waals surface area contributed by atoms with E-state index in [9.17, 15) is 13.6 Å². The molecule has 0 amide bonds. The summed E-state index contributed by atoms with van der Waals surface area (Å²) < 4.78 is 34.1. The number of nitrogens with one attached hydrogen (secondary N) is 1. The Morgan fingerprint density at radius 2 is 2.19 bits per heavy atom. The highest BCUT2D eigenvalue weighted by Crippen LogP contribution is 2.47. The summed E-state index contributed by atoms with van der Waals surface area (Å²) in [6.07, 6.45) is 3.52. The fourth-order valence-electron chi connectivity index (χ4n) is 2.89. The van der Waals surface area contributed by atoms with E-state index in [0.717, 1.165) is 11.0 Å². The van der Waals surface area contributed by atoms with Crippen LogP contribution in [0.3, 0.4) is 0 Å². The van der Waals surface area contributed by atoms with E-state index in [0.29, 0.717) is 19.3 Å². The van der Waals surface area contributed by atoms with E-state index in [4.69, 9.17) is 4.74 Å². The van der Waals surface area contributed by atoms with Gasteiger partial charge in [-0.3, -0.25) is 4.79 Å².